The second-order valence-corrected chi connectivity index (χ2v) is 3.91. The van der Waals surface area contributed by atoms with Crippen LogP contribution in [0.2, 0.25) is 0 Å². The summed E-state index contributed by atoms with van der Waals surface area (Å²) < 4.78 is 11.0. The Morgan fingerprint density at radius 3 is 2.08 bits per heavy atom. The fourth-order valence-corrected chi connectivity index (χ4v) is 1.40. The summed E-state index contributed by atoms with van der Waals surface area (Å²) in [6.07, 6.45) is 1.61. The highest BCUT2D eigenvalue weighted by atomic mass is 32.2. The molecule has 3 heteroatoms. The van der Waals surface area contributed by atoms with Gasteiger partial charge in [0, 0.05) is 27.5 Å². The number of hydrogen-bond donors (Lipinski definition) is 0. The number of carbonyl (C=O) groups is 1. The minimum Gasteiger partial charge on any atom is -0.295 e. The zero-order chi connectivity index (χ0) is 9.14. The number of rotatable bonds is 2. The van der Waals surface area contributed by atoms with Gasteiger partial charge in [-0.25, -0.2) is 0 Å². The van der Waals surface area contributed by atoms with Crippen molar-refractivity contribution in [2.45, 2.75) is 11.8 Å². The van der Waals surface area contributed by atoms with Gasteiger partial charge in [0.1, 0.15) is 0 Å². The van der Waals surface area contributed by atoms with E-state index in [0.717, 1.165) is 4.90 Å². The van der Waals surface area contributed by atoms with E-state index >= 15 is 0 Å². The average Bonchev–Trinajstić information content (AvgIpc) is 2.04. The zero-order valence-corrected chi connectivity index (χ0v) is 7.85. The first-order chi connectivity index (χ1) is 5.61. The summed E-state index contributed by atoms with van der Waals surface area (Å²) in [5.41, 5.74) is 0.657. The molecule has 12 heavy (non-hydrogen) atoms. The second-order valence-electron chi connectivity index (χ2n) is 2.53. The summed E-state index contributed by atoms with van der Waals surface area (Å²) in [5, 5.41) is 0. The highest BCUT2D eigenvalue weighted by Gasteiger charge is 2.00. The van der Waals surface area contributed by atoms with Gasteiger partial charge in [-0.3, -0.25) is 9.00 Å². The van der Waals surface area contributed by atoms with Crippen molar-refractivity contribution in [2.24, 2.45) is 0 Å². The van der Waals surface area contributed by atoms with E-state index in [-0.39, 0.29) is 5.78 Å². The largest absolute Gasteiger partial charge is 0.295 e. The van der Waals surface area contributed by atoms with Crippen LogP contribution in [0.4, 0.5) is 0 Å². The zero-order valence-electron chi connectivity index (χ0n) is 7.03. The van der Waals surface area contributed by atoms with Crippen LogP contribution in [0.5, 0.6) is 0 Å². The molecule has 1 aromatic carbocycles. The van der Waals surface area contributed by atoms with Crippen LogP contribution in [0.15, 0.2) is 29.2 Å². The van der Waals surface area contributed by atoms with E-state index in [9.17, 15) is 9.00 Å². The van der Waals surface area contributed by atoms with E-state index in [2.05, 4.69) is 0 Å². The molecule has 64 valence electrons. The van der Waals surface area contributed by atoms with Gasteiger partial charge in [0.05, 0.1) is 0 Å². The molecular weight excluding hydrogens is 172 g/mol. The third kappa shape index (κ3) is 2.01. The van der Waals surface area contributed by atoms with Gasteiger partial charge in [-0.05, 0) is 19.1 Å². The van der Waals surface area contributed by atoms with Crippen molar-refractivity contribution < 1.29 is 9.00 Å². The van der Waals surface area contributed by atoms with Crippen molar-refractivity contribution >= 4 is 16.6 Å². The van der Waals surface area contributed by atoms with Crippen LogP contribution in [0.1, 0.15) is 17.3 Å². The smallest absolute Gasteiger partial charge is 0.159 e. The normalized spacial score (nSPS) is 12.5. The molecule has 0 N–H and O–H groups in total. The fraction of sp³-hybridized carbons (Fsp3) is 0.222. The first-order valence-electron chi connectivity index (χ1n) is 3.55. The van der Waals surface area contributed by atoms with Crippen molar-refractivity contribution in [3.8, 4) is 0 Å². The summed E-state index contributed by atoms with van der Waals surface area (Å²) in [6.45, 7) is 1.51. The number of Topliss-reactive ketones (excluding diaryl/α,β-unsaturated/α-hetero) is 1. The summed E-state index contributed by atoms with van der Waals surface area (Å²) >= 11 is 0. The molecule has 0 aliphatic rings. The molecule has 0 unspecified atom stereocenters. The molecule has 2 nitrogen and oxygen atoms in total. The molecule has 0 amide bonds. The Morgan fingerprint density at radius 2 is 1.75 bits per heavy atom. The van der Waals surface area contributed by atoms with Gasteiger partial charge in [-0.2, -0.15) is 0 Å². The lowest BCUT2D eigenvalue weighted by Crippen LogP contribution is -1.93. The minimum absolute atomic E-state index is 0.0310. The topological polar surface area (TPSA) is 34.1 Å². The van der Waals surface area contributed by atoms with Crippen molar-refractivity contribution in [1.82, 2.24) is 0 Å². The minimum atomic E-state index is -0.962. The average molecular weight is 182 g/mol. The molecule has 0 spiro atoms. The maximum absolute atomic E-state index is 11.0. The summed E-state index contributed by atoms with van der Waals surface area (Å²) in [6, 6.07) is 6.82. The lowest BCUT2D eigenvalue weighted by molar-refractivity contribution is 0.101. The van der Waals surface area contributed by atoms with Crippen LogP contribution in [0.3, 0.4) is 0 Å². The fourth-order valence-electron chi connectivity index (χ4n) is 0.881. The highest BCUT2D eigenvalue weighted by Crippen LogP contribution is 2.07. The molecule has 1 atom stereocenters. The van der Waals surface area contributed by atoms with Crippen LogP contribution < -0.4 is 0 Å². The molecule has 0 saturated heterocycles. The van der Waals surface area contributed by atoms with Crippen molar-refractivity contribution in [2.75, 3.05) is 6.26 Å². The van der Waals surface area contributed by atoms with Crippen LogP contribution in [0, 0.1) is 0 Å². The Kier molecular flexibility index (Phi) is 2.76. The molecule has 0 aliphatic carbocycles. The molecular formula is C9H10O2S. The maximum atomic E-state index is 11.0. The van der Waals surface area contributed by atoms with E-state index in [0.29, 0.717) is 5.56 Å². The predicted octanol–water partition coefficient (Wildman–Crippen LogP) is 1.63. The maximum Gasteiger partial charge on any atom is 0.159 e. The predicted molar refractivity (Wildman–Crippen MR) is 48.8 cm³/mol. The monoisotopic (exact) mass is 182 g/mol. The third-order valence-corrected chi connectivity index (χ3v) is 2.53. The molecule has 0 saturated carbocycles. The lowest BCUT2D eigenvalue weighted by Gasteiger charge is -1.97. The van der Waals surface area contributed by atoms with Crippen LogP contribution in [-0.2, 0) is 10.8 Å². The standard InChI is InChI=1S/C9H10O2S/c1-7(10)8-3-5-9(6-4-8)12(2)11/h3-6H,1-2H3/t12-/m0/s1. The van der Waals surface area contributed by atoms with Crippen LogP contribution in [-0.4, -0.2) is 16.2 Å². The van der Waals surface area contributed by atoms with Gasteiger partial charge in [0.15, 0.2) is 5.78 Å². The quantitative estimate of drug-likeness (QED) is 0.651. The summed E-state index contributed by atoms with van der Waals surface area (Å²) in [7, 11) is -0.962. The van der Waals surface area contributed by atoms with Crippen molar-refractivity contribution in [3.05, 3.63) is 29.8 Å². The second kappa shape index (κ2) is 3.63. The van der Waals surface area contributed by atoms with Gasteiger partial charge < -0.3 is 0 Å². The summed E-state index contributed by atoms with van der Waals surface area (Å²) in [5.74, 6) is 0.0310. The van der Waals surface area contributed by atoms with E-state index in [1.165, 1.54) is 6.92 Å². The molecule has 0 fully saturated rings. The molecule has 0 aliphatic heterocycles. The highest BCUT2D eigenvalue weighted by molar-refractivity contribution is 7.84. The molecule has 0 heterocycles. The van der Waals surface area contributed by atoms with E-state index in [1.807, 2.05) is 0 Å². The van der Waals surface area contributed by atoms with Gasteiger partial charge in [0.25, 0.3) is 0 Å². The number of ketones is 1. The van der Waals surface area contributed by atoms with Crippen LogP contribution >= 0.6 is 0 Å². The Labute approximate surface area is 74.1 Å². The first-order valence-corrected chi connectivity index (χ1v) is 5.11. The van der Waals surface area contributed by atoms with E-state index in [1.54, 1.807) is 30.5 Å². The molecule has 1 aromatic rings. The van der Waals surface area contributed by atoms with Gasteiger partial charge in [-0.1, -0.05) is 12.1 Å². The SMILES string of the molecule is CC(=O)c1ccc([S@](C)=O)cc1. The van der Waals surface area contributed by atoms with Crippen LogP contribution in [0.25, 0.3) is 0 Å². The molecule has 0 bridgehead atoms. The Morgan fingerprint density at radius 1 is 1.25 bits per heavy atom. The molecule has 1 rings (SSSR count). The Bertz CT molecular complexity index is 281. The van der Waals surface area contributed by atoms with E-state index < -0.39 is 10.8 Å². The van der Waals surface area contributed by atoms with Gasteiger partial charge in [0.2, 0.25) is 0 Å². The Hall–Kier alpha value is -0.960. The van der Waals surface area contributed by atoms with E-state index in [4.69, 9.17) is 0 Å². The number of carbonyl (C=O) groups excluding carboxylic acids is 1. The third-order valence-electron chi connectivity index (χ3n) is 1.59. The molecule has 0 aromatic heterocycles. The van der Waals surface area contributed by atoms with Crippen molar-refractivity contribution in [1.29, 1.82) is 0 Å². The van der Waals surface area contributed by atoms with Gasteiger partial charge >= 0.3 is 0 Å². The first kappa shape index (κ1) is 9.13. The van der Waals surface area contributed by atoms with Crippen molar-refractivity contribution in [3.63, 3.8) is 0 Å². The molecule has 0 radical (unpaired) electrons. The number of benzene rings is 1. The summed E-state index contributed by atoms with van der Waals surface area (Å²) in [4.78, 5) is 11.6. The Balaban J connectivity index is 3.01. The lowest BCUT2D eigenvalue weighted by atomic mass is 10.2. The number of hydrogen-bond acceptors (Lipinski definition) is 2. The van der Waals surface area contributed by atoms with Gasteiger partial charge in [-0.15, -0.1) is 0 Å².